The maximum atomic E-state index is 12.4. The number of hydrogen-bond donors (Lipinski definition) is 1. The summed E-state index contributed by atoms with van der Waals surface area (Å²) >= 11 is 0. The van der Waals surface area contributed by atoms with Crippen LogP contribution in [0.5, 0.6) is 17.2 Å². The first-order valence-corrected chi connectivity index (χ1v) is 7.98. The van der Waals surface area contributed by atoms with Gasteiger partial charge in [-0.1, -0.05) is 12.1 Å². The third-order valence-electron chi connectivity index (χ3n) is 3.57. The number of benzene rings is 2. The average Bonchev–Trinajstić information content (AvgIpc) is 2.70. The van der Waals surface area contributed by atoms with Crippen LogP contribution in [-0.4, -0.2) is 31.5 Å². The second-order valence-corrected chi connectivity index (χ2v) is 5.59. The quantitative estimate of drug-likeness (QED) is 0.759. The minimum atomic E-state index is -4.86. The lowest BCUT2D eigenvalue weighted by molar-refractivity contribution is -0.274. The molecule has 0 radical (unpaired) electrons. The van der Waals surface area contributed by atoms with E-state index in [1.807, 2.05) is 0 Å². The number of ether oxygens (including phenoxy) is 3. The van der Waals surface area contributed by atoms with Gasteiger partial charge in [-0.05, 0) is 36.4 Å². The molecule has 0 atom stereocenters. The van der Waals surface area contributed by atoms with Crippen molar-refractivity contribution in [2.75, 3.05) is 13.7 Å². The second kappa shape index (κ2) is 8.85. The summed E-state index contributed by atoms with van der Waals surface area (Å²) in [5, 5.41) is 21.0. The molecule has 150 valence electrons. The van der Waals surface area contributed by atoms with E-state index in [4.69, 9.17) is 9.47 Å². The van der Waals surface area contributed by atoms with Crippen LogP contribution in [0.25, 0.3) is 0 Å². The molecular formula is C19H14F3N3O4. The molecule has 0 unspecified atom stereocenters. The zero-order chi connectivity index (χ0) is 21.5. The van der Waals surface area contributed by atoms with E-state index in [0.29, 0.717) is 5.75 Å². The van der Waals surface area contributed by atoms with Crippen molar-refractivity contribution in [1.82, 2.24) is 5.32 Å². The molecule has 1 amide bonds. The molecule has 0 saturated carbocycles. The molecule has 7 nitrogen and oxygen atoms in total. The number of hydrogen-bond acceptors (Lipinski definition) is 6. The number of alkyl halides is 3. The van der Waals surface area contributed by atoms with E-state index in [0.717, 1.165) is 24.3 Å². The van der Waals surface area contributed by atoms with Crippen molar-refractivity contribution in [2.45, 2.75) is 11.9 Å². The molecule has 10 heteroatoms. The van der Waals surface area contributed by atoms with Gasteiger partial charge in [0.1, 0.15) is 24.5 Å². The van der Waals surface area contributed by atoms with Gasteiger partial charge in [0, 0.05) is 5.56 Å². The molecule has 0 aromatic heterocycles. The van der Waals surface area contributed by atoms with E-state index >= 15 is 0 Å². The Morgan fingerprint density at radius 2 is 1.62 bits per heavy atom. The molecule has 0 aliphatic carbocycles. The van der Waals surface area contributed by atoms with Gasteiger partial charge in [0.2, 0.25) is 5.54 Å². The number of halogens is 3. The summed E-state index contributed by atoms with van der Waals surface area (Å²) < 4.78 is 50.9. The minimum Gasteiger partial charge on any atom is -0.493 e. The zero-order valence-corrected chi connectivity index (χ0v) is 15.0. The number of nitriles is 2. The van der Waals surface area contributed by atoms with E-state index in [1.54, 1.807) is 36.4 Å². The van der Waals surface area contributed by atoms with Crippen molar-refractivity contribution in [3.05, 3.63) is 54.1 Å². The monoisotopic (exact) mass is 405 g/mol. The van der Waals surface area contributed by atoms with Crippen LogP contribution in [0, 0.1) is 22.7 Å². The van der Waals surface area contributed by atoms with Crippen molar-refractivity contribution < 1.29 is 32.2 Å². The maximum absolute atomic E-state index is 12.4. The van der Waals surface area contributed by atoms with Gasteiger partial charge in [-0.3, -0.25) is 4.79 Å². The van der Waals surface area contributed by atoms with Crippen molar-refractivity contribution in [1.29, 1.82) is 10.5 Å². The number of amides is 1. The van der Waals surface area contributed by atoms with Crippen LogP contribution >= 0.6 is 0 Å². The highest BCUT2D eigenvalue weighted by Crippen LogP contribution is 2.27. The zero-order valence-electron chi connectivity index (χ0n) is 15.0. The summed E-state index contributed by atoms with van der Waals surface area (Å²) in [4.78, 5) is 12.4. The van der Waals surface area contributed by atoms with Crippen LogP contribution < -0.4 is 19.5 Å². The molecule has 0 spiro atoms. The Labute approximate surface area is 163 Å². The Bertz CT molecular complexity index is 933. The largest absolute Gasteiger partial charge is 0.573 e. The number of methoxy groups -OCH3 is 1. The first kappa shape index (κ1) is 21.4. The van der Waals surface area contributed by atoms with E-state index in [1.165, 1.54) is 7.11 Å². The van der Waals surface area contributed by atoms with Gasteiger partial charge in [-0.2, -0.15) is 10.5 Å². The number of nitrogens with one attached hydrogen (secondary N) is 1. The van der Waals surface area contributed by atoms with Gasteiger partial charge in [0.25, 0.3) is 5.91 Å². The van der Waals surface area contributed by atoms with Crippen LogP contribution in [-0.2, 0) is 0 Å². The van der Waals surface area contributed by atoms with Crippen molar-refractivity contribution >= 4 is 5.91 Å². The van der Waals surface area contributed by atoms with E-state index in [-0.39, 0.29) is 11.3 Å². The Balaban J connectivity index is 2.12. The SMILES string of the molecule is COc1ccccc1OCC(C#N)(C#N)NC(=O)c1ccc(OC(F)(F)F)cc1. The first-order chi connectivity index (χ1) is 13.7. The number of nitrogens with zero attached hydrogens (tertiary/aromatic N) is 2. The molecule has 2 aromatic carbocycles. The predicted octanol–water partition coefficient (Wildman–Crippen LogP) is 3.19. The van der Waals surface area contributed by atoms with Crippen LogP contribution in [0.1, 0.15) is 10.4 Å². The molecule has 0 bridgehead atoms. The predicted molar refractivity (Wildman–Crippen MR) is 93.0 cm³/mol. The fourth-order valence-electron chi connectivity index (χ4n) is 2.18. The fourth-order valence-corrected chi connectivity index (χ4v) is 2.18. The number of rotatable bonds is 7. The number of para-hydroxylation sites is 2. The Morgan fingerprint density at radius 1 is 1.03 bits per heavy atom. The van der Waals surface area contributed by atoms with Gasteiger partial charge < -0.3 is 19.5 Å². The van der Waals surface area contributed by atoms with Crippen molar-refractivity contribution in [3.8, 4) is 29.4 Å². The van der Waals surface area contributed by atoms with Crippen LogP contribution in [0.4, 0.5) is 13.2 Å². The molecular weight excluding hydrogens is 391 g/mol. The van der Waals surface area contributed by atoms with Gasteiger partial charge in [-0.15, -0.1) is 13.2 Å². The van der Waals surface area contributed by atoms with Gasteiger partial charge in [0.05, 0.1) is 7.11 Å². The molecule has 29 heavy (non-hydrogen) atoms. The fraction of sp³-hybridized carbons (Fsp3) is 0.211. The number of carbonyl (C=O) groups excluding carboxylic acids is 1. The summed E-state index contributed by atoms with van der Waals surface area (Å²) in [6, 6.07) is 13.9. The Morgan fingerprint density at radius 3 is 2.14 bits per heavy atom. The summed E-state index contributed by atoms with van der Waals surface area (Å²) in [5.41, 5.74) is -2.12. The molecule has 0 aliphatic rings. The standard InChI is InChI=1S/C19H14F3N3O4/c1-27-15-4-2-3-5-16(15)28-12-18(10-23,11-24)25-17(26)13-6-8-14(9-7-13)29-19(20,21)22/h2-9H,12H2,1H3,(H,25,26). The number of carbonyl (C=O) groups is 1. The lowest BCUT2D eigenvalue weighted by Crippen LogP contribution is -2.50. The summed E-state index contributed by atoms with van der Waals surface area (Å²) in [7, 11) is 1.41. The Hall–Kier alpha value is -3.92. The van der Waals surface area contributed by atoms with Gasteiger partial charge in [0.15, 0.2) is 11.5 Å². The van der Waals surface area contributed by atoms with Crippen molar-refractivity contribution in [3.63, 3.8) is 0 Å². The minimum absolute atomic E-state index is 0.0771. The van der Waals surface area contributed by atoms with Crippen LogP contribution in [0.15, 0.2) is 48.5 Å². The van der Waals surface area contributed by atoms with E-state index in [2.05, 4.69) is 10.1 Å². The normalized spacial score (nSPS) is 11.0. The first-order valence-electron chi connectivity index (χ1n) is 7.98. The highest BCUT2D eigenvalue weighted by atomic mass is 19.4. The molecule has 0 fully saturated rings. The van der Waals surface area contributed by atoms with Crippen LogP contribution in [0.2, 0.25) is 0 Å². The molecule has 1 N–H and O–H groups in total. The molecule has 0 saturated heterocycles. The van der Waals surface area contributed by atoms with Crippen LogP contribution in [0.3, 0.4) is 0 Å². The van der Waals surface area contributed by atoms with E-state index < -0.39 is 30.2 Å². The average molecular weight is 405 g/mol. The maximum Gasteiger partial charge on any atom is 0.573 e. The van der Waals surface area contributed by atoms with Gasteiger partial charge >= 0.3 is 6.36 Å². The molecule has 0 aliphatic heterocycles. The smallest absolute Gasteiger partial charge is 0.493 e. The van der Waals surface area contributed by atoms with Crippen molar-refractivity contribution in [2.24, 2.45) is 0 Å². The highest BCUT2D eigenvalue weighted by molar-refractivity contribution is 5.95. The Kier molecular flexibility index (Phi) is 6.52. The topological polar surface area (TPSA) is 104 Å². The summed E-state index contributed by atoms with van der Waals surface area (Å²) in [5.74, 6) is -0.743. The molecule has 0 heterocycles. The van der Waals surface area contributed by atoms with Gasteiger partial charge in [-0.25, -0.2) is 0 Å². The third-order valence-corrected chi connectivity index (χ3v) is 3.57. The lowest BCUT2D eigenvalue weighted by atomic mass is 10.0. The second-order valence-electron chi connectivity index (χ2n) is 5.59. The lowest BCUT2D eigenvalue weighted by Gasteiger charge is -2.21. The molecule has 2 aromatic rings. The highest BCUT2D eigenvalue weighted by Gasteiger charge is 2.34. The summed E-state index contributed by atoms with van der Waals surface area (Å²) in [6.45, 7) is -0.513. The third kappa shape index (κ3) is 5.78. The summed E-state index contributed by atoms with van der Waals surface area (Å²) in [6.07, 6.45) is -4.86. The van der Waals surface area contributed by atoms with E-state index in [9.17, 15) is 28.5 Å². The molecule has 2 rings (SSSR count).